The summed E-state index contributed by atoms with van der Waals surface area (Å²) in [5.41, 5.74) is 4.44. The highest BCUT2D eigenvalue weighted by Crippen LogP contribution is 2.26. The largest absolute Gasteiger partial charge is 0.350 e. The molecule has 0 spiro atoms. The maximum Gasteiger partial charge on any atom is 0.266 e. The Morgan fingerprint density at radius 1 is 1.03 bits per heavy atom. The van der Waals surface area contributed by atoms with Crippen LogP contribution in [0.1, 0.15) is 40.9 Å². The average molecular weight is 476 g/mol. The number of aryl methyl sites for hydroxylation is 2. The summed E-state index contributed by atoms with van der Waals surface area (Å²) in [6.07, 6.45) is 0. The van der Waals surface area contributed by atoms with Crippen LogP contribution in [0.25, 0.3) is 16.6 Å². The van der Waals surface area contributed by atoms with E-state index < -0.39 is 0 Å². The molecule has 7 heteroatoms. The van der Waals surface area contributed by atoms with Crippen molar-refractivity contribution in [3.8, 4) is 5.69 Å². The standard InChI is InChI=1S/C27H26FN3O2S/c1-16(2)29-25(32)20-7-10-23-24(14-20)30-27(34-15-19-5-8-21(28)9-6-19)31(26(23)33)22-12-17(3)11-18(4)13-22/h5-14,16H,15H2,1-4H3,(H,29,32). The Kier molecular flexibility index (Phi) is 6.84. The van der Waals surface area contributed by atoms with Crippen molar-refractivity contribution in [1.29, 1.82) is 0 Å². The summed E-state index contributed by atoms with van der Waals surface area (Å²) in [4.78, 5) is 31.0. The molecule has 4 aromatic rings. The highest BCUT2D eigenvalue weighted by molar-refractivity contribution is 7.98. The number of thioether (sulfide) groups is 1. The van der Waals surface area contributed by atoms with Gasteiger partial charge in [0.15, 0.2) is 5.16 Å². The van der Waals surface area contributed by atoms with Gasteiger partial charge in [-0.1, -0.05) is 30.0 Å². The number of rotatable bonds is 6. The zero-order valence-electron chi connectivity index (χ0n) is 19.6. The van der Waals surface area contributed by atoms with E-state index in [2.05, 4.69) is 5.32 Å². The zero-order chi connectivity index (χ0) is 24.4. The van der Waals surface area contributed by atoms with E-state index in [4.69, 9.17) is 4.98 Å². The number of hydrogen-bond donors (Lipinski definition) is 1. The summed E-state index contributed by atoms with van der Waals surface area (Å²) in [6, 6.07) is 17.2. The van der Waals surface area contributed by atoms with Crippen molar-refractivity contribution in [3.05, 3.63) is 99.1 Å². The number of hydrogen-bond acceptors (Lipinski definition) is 4. The molecule has 0 saturated carbocycles. The molecule has 0 aliphatic carbocycles. The topological polar surface area (TPSA) is 64.0 Å². The minimum atomic E-state index is -0.295. The van der Waals surface area contributed by atoms with Crippen LogP contribution in [0.3, 0.4) is 0 Å². The molecule has 0 fully saturated rings. The van der Waals surface area contributed by atoms with Crippen LogP contribution in [0.15, 0.2) is 70.6 Å². The van der Waals surface area contributed by atoms with Crippen molar-refractivity contribution in [2.24, 2.45) is 0 Å². The van der Waals surface area contributed by atoms with Crippen molar-refractivity contribution < 1.29 is 9.18 Å². The lowest BCUT2D eigenvalue weighted by atomic mass is 10.1. The van der Waals surface area contributed by atoms with Crippen molar-refractivity contribution in [2.45, 2.75) is 44.6 Å². The maximum absolute atomic E-state index is 13.6. The third kappa shape index (κ3) is 5.20. The summed E-state index contributed by atoms with van der Waals surface area (Å²) in [5.74, 6) is 0.00550. The van der Waals surface area contributed by atoms with Gasteiger partial charge < -0.3 is 5.32 Å². The predicted octanol–water partition coefficient (Wildman–Crippen LogP) is 5.57. The number of nitrogens with zero attached hydrogens (tertiary/aromatic N) is 2. The molecular formula is C27H26FN3O2S. The van der Waals surface area contributed by atoms with E-state index in [9.17, 15) is 14.0 Å². The van der Waals surface area contributed by atoms with E-state index in [1.165, 1.54) is 23.9 Å². The Balaban J connectivity index is 1.85. The van der Waals surface area contributed by atoms with Crippen LogP contribution in [-0.4, -0.2) is 21.5 Å². The van der Waals surface area contributed by atoms with Gasteiger partial charge in [-0.05, 0) is 86.8 Å². The zero-order valence-corrected chi connectivity index (χ0v) is 20.4. The molecule has 1 N–H and O–H groups in total. The van der Waals surface area contributed by atoms with Crippen LogP contribution < -0.4 is 10.9 Å². The number of carbonyl (C=O) groups is 1. The normalized spacial score (nSPS) is 11.2. The summed E-state index contributed by atoms with van der Waals surface area (Å²) in [5, 5.41) is 3.81. The van der Waals surface area contributed by atoms with Crippen molar-refractivity contribution >= 4 is 28.6 Å². The molecule has 4 rings (SSSR count). The second-order valence-corrected chi connectivity index (χ2v) is 9.60. The van der Waals surface area contributed by atoms with E-state index in [1.54, 1.807) is 34.9 Å². The molecule has 0 atom stereocenters. The third-order valence-corrected chi connectivity index (χ3v) is 6.28. The van der Waals surface area contributed by atoms with Gasteiger partial charge in [-0.3, -0.25) is 14.2 Å². The highest BCUT2D eigenvalue weighted by atomic mass is 32.2. The van der Waals surface area contributed by atoms with E-state index in [-0.39, 0.29) is 23.3 Å². The van der Waals surface area contributed by atoms with E-state index >= 15 is 0 Å². The van der Waals surface area contributed by atoms with E-state index in [0.717, 1.165) is 22.4 Å². The van der Waals surface area contributed by atoms with Crippen LogP contribution >= 0.6 is 11.8 Å². The lowest BCUT2D eigenvalue weighted by molar-refractivity contribution is 0.0943. The summed E-state index contributed by atoms with van der Waals surface area (Å²) >= 11 is 1.40. The molecule has 1 aromatic heterocycles. The molecule has 0 saturated heterocycles. The number of nitrogens with one attached hydrogen (secondary N) is 1. The molecule has 34 heavy (non-hydrogen) atoms. The number of aromatic nitrogens is 2. The smallest absolute Gasteiger partial charge is 0.266 e. The van der Waals surface area contributed by atoms with Crippen LogP contribution in [-0.2, 0) is 5.75 Å². The number of amides is 1. The first-order chi connectivity index (χ1) is 16.2. The Morgan fingerprint density at radius 3 is 2.35 bits per heavy atom. The van der Waals surface area contributed by atoms with Crippen molar-refractivity contribution in [2.75, 3.05) is 0 Å². The second-order valence-electron chi connectivity index (χ2n) is 8.66. The van der Waals surface area contributed by atoms with E-state index in [0.29, 0.717) is 27.4 Å². The second kappa shape index (κ2) is 9.81. The Hall–Kier alpha value is -3.45. The van der Waals surface area contributed by atoms with Gasteiger partial charge in [0.1, 0.15) is 5.82 Å². The van der Waals surface area contributed by atoms with Crippen LogP contribution in [0.4, 0.5) is 4.39 Å². The molecule has 174 valence electrons. The minimum absolute atomic E-state index is 0.00413. The first-order valence-electron chi connectivity index (χ1n) is 11.0. The molecule has 0 radical (unpaired) electrons. The molecule has 0 bridgehead atoms. The van der Waals surface area contributed by atoms with Gasteiger partial charge in [0, 0.05) is 17.4 Å². The summed E-state index contributed by atoms with van der Waals surface area (Å²) < 4.78 is 14.9. The first kappa shape index (κ1) is 23.7. The lowest BCUT2D eigenvalue weighted by Gasteiger charge is -2.15. The molecular weight excluding hydrogens is 449 g/mol. The fraction of sp³-hybridized carbons (Fsp3) is 0.222. The predicted molar refractivity (Wildman–Crippen MR) is 135 cm³/mol. The Morgan fingerprint density at radius 2 is 1.71 bits per heavy atom. The minimum Gasteiger partial charge on any atom is -0.350 e. The van der Waals surface area contributed by atoms with Gasteiger partial charge in [-0.25, -0.2) is 9.37 Å². The first-order valence-corrected chi connectivity index (χ1v) is 12.0. The molecule has 1 amide bonds. The van der Waals surface area contributed by atoms with Crippen LogP contribution in [0, 0.1) is 19.7 Å². The van der Waals surface area contributed by atoms with Crippen LogP contribution in [0.2, 0.25) is 0 Å². The summed E-state index contributed by atoms with van der Waals surface area (Å²) in [7, 11) is 0. The number of carbonyl (C=O) groups excluding carboxylic acids is 1. The van der Waals surface area contributed by atoms with Gasteiger partial charge in [-0.15, -0.1) is 0 Å². The van der Waals surface area contributed by atoms with Crippen molar-refractivity contribution in [3.63, 3.8) is 0 Å². The van der Waals surface area contributed by atoms with Crippen LogP contribution in [0.5, 0.6) is 0 Å². The number of fused-ring (bicyclic) bond motifs is 1. The fourth-order valence-electron chi connectivity index (χ4n) is 3.78. The molecule has 1 heterocycles. The molecule has 5 nitrogen and oxygen atoms in total. The number of halogens is 1. The number of benzene rings is 3. The fourth-order valence-corrected chi connectivity index (χ4v) is 4.75. The summed E-state index contributed by atoms with van der Waals surface area (Å²) in [6.45, 7) is 7.76. The van der Waals surface area contributed by atoms with Gasteiger partial charge in [-0.2, -0.15) is 0 Å². The van der Waals surface area contributed by atoms with E-state index in [1.807, 2.05) is 45.9 Å². The quantitative estimate of drug-likeness (QED) is 0.292. The van der Waals surface area contributed by atoms with Gasteiger partial charge in [0.25, 0.3) is 11.5 Å². The Labute approximate surface area is 202 Å². The van der Waals surface area contributed by atoms with Gasteiger partial charge in [0.05, 0.1) is 16.6 Å². The monoisotopic (exact) mass is 475 g/mol. The van der Waals surface area contributed by atoms with Gasteiger partial charge >= 0.3 is 0 Å². The molecule has 0 aliphatic rings. The Bertz CT molecular complexity index is 1410. The molecule has 0 aliphatic heterocycles. The van der Waals surface area contributed by atoms with Crippen molar-refractivity contribution in [1.82, 2.24) is 14.9 Å². The SMILES string of the molecule is Cc1cc(C)cc(-n2c(SCc3ccc(F)cc3)nc3cc(C(=O)NC(C)C)ccc3c2=O)c1. The maximum atomic E-state index is 13.6. The molecule has 0 unspecified atom stereocenters. The lowest BCUT2D eigenvalue weighted by Crippen LogP contribution is -2.30. The third-order valence-electron chi connectivity index (χ3n) is 5.27. The van der Waals surface area contributed by atoms with Gasteiger partial charge in [0.2, 0.25) is 0 Å². The average Bonchev–Trinajstić information content (AvgIpc) is 2.77. The molecule has 3 aromatic carbocycles. The highest BCUT2D eigenvalue weighted by Gasteiger charge is 2.16.